The predicted octanol–water partition coefficient (Wildman–Crippen LogP) is 0.825. The van der Waals surface area contributed by atoms with Gasteiger partial charge in [-0.3, -0.25) is 14.4 Å². The number of pyridine rings is 1. The Labute approximate surface area is 104 Å². The monoisotopic (exact) mass is 252 g/mol. The summed E-state index contributed by atoms with van der Waals surface area (Å²) in [6.45, 7) is 2.96. The lowest BCUT2D eigenvalue weighted by molar-refractivity contribution is -0.148. The minimum atomic E-state index is -1.12. The Morgan fingerprint density at radius 1 is 1.39 bits per heavy atom. The summed E-state index contributed by atoms with van der Waals surface area (Å²) in [5, 5.41) is 11.5. The molecule has 1 rings (SSSR count). The van der Waals surface area contributed by atoms with E-state index in [2.05, 4.69) is 5.32 Å². The molecule has 0 aliphatic rings. The van der Waals surface area contributed by atoms with Crippen molar-refractivity contribution < 1.29 is 14.7 Å². The average molecular weight is 252 g/mol. The van der Waals surface area contributed by atoms with Crippen molar-refractivity contribution in [2.24, 2.45) is 12.5 Å². The third-order valence-electron chi connectivity index (χ3n) is 2.55. The lowest BCUT2D eigenvalue weighted by Gasteiger charge is -2.18. The Kier molecular flexibility index (Phi) is 3.90. The molecular formula is C12H16N2O4. The van der Waals surface area contributed by atoms with E-state index in [0.29, 0.717) is 5.69 Å². The van der Waals surface area contributed by atoms with Gasteiger partial charge < -0.3 is 15.0 Å². The molecule has 18 heavy (non-hydrogen) atoms. The first-order valence-corrected chi connectivity index (χ1v) is 5.42. The molecule has 2 N–H and O–H groups in total. The topological polar surface area (TPSA) is 88.4 Å². The van der Waals surface area contributed by atoms with Crippen LogP contribution in [0.5, 0.6) is 0 Å². The van der Waals surface area contributed by atoms with Gasteiger partial charge in [0, 0.05) is 25.7 Å². The maximum Gasteiger partial charge on any atom is 0.309 e. The van der Waals surface area contributed by atoms with Crippen molar-refractivity contribution in [1.29, 1.82) is 0 Å². The van der Waals surface area contributed by atoms with Crippen LogP contribution in [-0.2, 0) is 16.6 Å². The minimum Gasteiger partial charge on any atom is -0.481 e. The van der Waals surface area contributed by atoms with E-state index in [1.54, 1.807) is 7.05 Å². The smallest absolute Gasteiger partial charge is 0.309 e. The maximum absolute atomic E-state index is 11.7. The van der Waals surface area contributed by atoms with Gasteiger partial charge in [-0.25, -0.2) is 0 Å². The summed E-state index contributed by atoms with van der Waals surface area (Å²) in [5.41, 5.74) is -0.841. The summed E-state index contributed by atoms with van der Waals surface area (Å²) in [7, 11) is 1.57. The highest BCUT2D eigenvalue weighted by atomic mass is 16.4. The predicted molar refractivity (Wildman–Crippen MR) is 66.3 cm³/mol. The largest absolute Gasteiger partial charge is 0.481 e. The highest BCUT2D eigenvalue weighted by Crippen LogP contribution is 2.21. The van der Waals surface area contributed by atoms with E-state index in [0.717, 1.165) is 0 Å². The summed E-state index contributed by atoms with van der Waals surface area (Å²) >= 11 is 0. The second kappa shape index (κ2) is 5.03. The Morgan fingerprint density at radius 3 is 2.50 bits per heavy atom. The van der Waals surface area contributed by atoms with Crippen LogP contribution in [0, 0.1) is 5.41 Å². The van der Waals surface area contributed by atoms with Gasteiger partial charge in [0.2, 0.25) is 11.5 Å². The lowest BCUT2D eigenvalue weighted by Crippen LogP contribution is -2.29. The van der Waals surface area contributed by atoms with Crippen molar-refractivity contribution in [3.63, 3.8) is 0 Å². The molecule has 0 radical (unpaired) electrons. The molecule has 0 saturated carbocycles. The zero-order valence-electron chi connectivity index (χ0n) is 10.6. The number of hydrogen-bond donors (Lipinski definition) is 2. The van der Waals surface area contributed by atoms with Crippen molar-refractivity contribution in [2.75, 3.05) is 5.32 Å². The molecule has 6 heteroatoms. The van der Waals surface area contributed by atoms with Crippen molar-refractivity contribution >= 4 is 17.6 Å². The van der Waals surface area contributed by atoms with E-state index in [4.69, 9.17) is 5.11 Å². The number of carboxylic acids is 1. The third-order valence-corrected chi connectivity index (χ3v) is 2.55. The lowest BCUT2D eigenvalue weighted by atomic mass is 9.89. The standard InChI is InChI=1S/C12H16N2O4/c1-12(2,11(17)18)6-9(15)13-8-4-5-10(16)14(3)7-8/h4-5,7H,6H2,1-3H3,(H,13,15)(H,17,18). The number of anilines is 1. The van der Waals surface area contributed by atoms with E-state index in [-0.39, 0.29) is 12.0 Å². The molecule has 1 amide bonds. The summed E-state index contributed by atoms with van der Waals surface area (Å²) in [6, 6.07) is 2.81. The number of aromatic nitrogens is 1. The molecule has 0 aliphatic heterocycles. The fourth-order valence-electron chi connectivity index (χ4n) is 1.35. The van der Waals surface area contributed by atoms with Gasteiger partial charge in [-0.05, 0) is 19.9 Å². The van der Waals surface area contributed by atoms with Gasteiger partial charge in [0.25, 0.3) is 0 Å². The molecule has 0 saturated heterocycles. The number of carbonyl (C=O) groups excluding carboxylic acids is 1. The van der Waals surface area contributed by atoms with Gasteiger partial charge in [-0.15, -0.1) is 0 Å². The molecule has 0 unspecified atom stereocenters. The molecule has 0 spiro atoms. The van der Waals surface area contributed by atoms with Crippen molar-refractivity contribution in [3.8, 4) is 0 Å². The second-order valence-corrected chi connectivity index (χ2v) is 4.78. The highest BCUT2D eigenvalue weighted by molar-refractivity contribution is 5.93. The van der Waals surface area contributed by atoms with E-state index in [1.165, 1.54) is 36.7 Å². The van der Waals surface area contributed by atoms with Gasteiger partial charge >= 0.3 is 5.97 Å². The molecule has 98 valence electrons. The number of nitrogens with one attached hydrogen (secondary N) is 1. The Balaban J connectivity index is 2.74. The van der Waals surface area contributed by atoms with E-state index < -0.39 is 17.3 Å². The number of aliphatic carboxylic acids is 1. The van der Waals surface area contributed by atoms with Crippen LogP contribution in [0.4, 0.5) is 5.69 Å². The van der Waals surface area contributed by atoms with Gasteiger partial charge in [0.15, 0.2) is 0 Å². The van der Waals surface area contributed by atoms with Crippen molar-refractivity contribution in [2.45, 2.75) is 20.3 Å². The molecule has 0 atom stereocenters. The number of rotatable bonds is 4. The summed E-state index contributed by atoms with van der Waals surface area (Å²) in [6.07, 6.45) is 1.35. The Hall–Kier alpha value is -2.11. The van der Waals surface area contributed by atoms with Gasteiger partial charge in [-0.1, -0.05) is 0 Å². The number of aryl methyl sites for hydroxylation is 1. The molecule has 6 nitrogen and oxygen atoms in total. The van der Waals surface area contributed by atoms with E-state index in [9.17, 15) is 14.4 Å². The normalized spacial score (nSPS) is 11.1. The average Bonchev–Trinajstić information content (AvgIpc) is 2.22. The van der Waals surface area contributed by atoms with Crippen LogP contribution in [-0.4, -0.2) is 21.6 Å². The summed E-state index contributed by atoms with van der Waals surface area (Å²) in [4.78, 5) is 33.7. The number of nitrogens with zero attached hydrogens (tertiary/aromatic N) is 1. The molecule has 0 aromatic carbocycles. The summed E-state index contributed by atoms with van der Waals surface area (Å²) in [5.74, 6) is -1.43. The first-order chi connectivity index (χ1) is 8.22. The number of hydrogen-bond acceptors (Lipinski definition) is 3. The van der Waals surface area contributed by atoms with Crippen LogP contribution in [0.15, 0.2) is 23.1 Å². The molecule has 1 aromatic heterocycles. The van der Waals surface area contributed by atoms with Crippen LogP contribution in [0.25, 0.3) is 0 Å². The third kappa shape index (κ3) is 3.44. The van der Waals surface area contributed by atoms with E-state index in [1.807, 2.05) is 0 Å². The molecule has 0 bridgehead atoms. The number of carboxylic acid groups (broad SMARTS) is 1. The first kappa shape index (κ1) is 14.0. The zero-order chi connectivity index (χ0) is 13.9. The highest BCUT2D eigenvalue weighted by Gasteiger charge is 2.30. The van der Waals surface area contributed by atoms with Gasteiger partial charge in [0.05, 0.1) is 11.1 Å². The van der Waals surface area contributed by atoms with Crippen LogP contribution in [0.3, 0.4) is 0 Å². The van der Waals surface area contributed by atoms with E-state index >= 15 is 0 Å². The SMILES string of the molecule is Cn1cc(NC(=O)CC(C)(C)C(=O)O)ccc1=O. The van der Waals surface area contributed by atoms with Crippen LogP contribution >= 0.6 is 0 Å². The molecule has 1 heterocycles. The number of amides is 1. The van der Waals surface area contributed by atoms with Gasteiger partial charge in [-0.2, -0.15) is 0 Å². The quantitative estimate of drug-likeness (QED) is 0.830. The second-order valence-electron chi connectivity index (χ2n) is 4.78. The fourth-order valence-corrected chi connectivity index (χ4v) is 1.35. The fraction of sp³-hybridized carbons (Fsp3) is 0.417. The molecule has 0 aliphatic carbocycles. The molecule has 0 fully saturated rings. The molecular weight excluding hydrogens is 236 g/mol. The van der Waals surface area contributed by atoms with Crippen LogP contribution < -0.4 is 10.9 Å². The van der Waals surface area contributed by atoms with Crippen LogP contribution in [0.1, 0.15) is 20.3 Å². The van der Waals surface area contributed by atoms with Crippen LogP contribution in [0.2, 0.25) is 0 Å². The first-order valence-electron chi connectivity index (χ1n) is 5.42. The summed E-state index contributed by atoms with van der Waals surface area (Å²) < 4.78 is 1.33. The Bertz CT molecular complexity index is 531. The minimum absolute atomic E-state index is 0.134. The maximum atomic E-state index is 11.7. The number of carbonyl (C=O) groups is 2. The van der Waals surface area contributed by atoms with Gasteiger partial charge in [0.1, 0.15) is 0 Å². The zero-order valence-corrected chi connectivity index (χ0v) is 10.6. The molecule has 1 aromatic rings. The van der Waals surface area contributed by atoms with Crippen molar-refractivity contribution in [1.82, 2.24) is 4.57 Å². The Morgan fingerprint density at radius 2 is 2.00 bits per heavy atom. The van der Waals surface area contributed by atoms with Crippen molar-refractivity contribution in [3.05, 3.63) is 28.7 Å².